The summed E-state index contributed by atoms with van der Waals surface area (Å²) in [6.45, 7) is 3.69. The largest absolute Gasteiger partial charge is 0.457 e. The van der Waals surface area contributed by atoms with Crippen LogP contribution in [0.5, 0.6) is 0 Å². The molecular formula is C61H98O12S. The Morgan fingerprint density at radius 3 is 1.30 bits per heavy atom. The fourth-order valence-electron chi connectivity index (χ4n) is 7.64. The van der Waals surface area contributed by atoms with Crippen molar-refractivity contribution in [1.29, 1.82) is 0 Å². The van der Waals surface area contributed by atoms with Crippen LogP contribution in [0.3, 0.4) is 0 Å². The molecule has 0 spiro atoms. The number of esters is 1. The van der Waals surface area contributed by atoms with Gasteiger partial charge >= 0.3 is 16.4 Å². The summed E-state index contributed by atoms with van der Waals surface area (Å²) < 4.78 is 59.4. The maximum Gasteiger partial charge on any atom is 0.397 e. The highest BCUT2D eigenvalue weighted by Gasteiger charge is 2.48. The van der Waals surface area contributed by atoms with E-state index in [4.69, 9.17) is 18.9 Å². The summed E-state index contributed by atoms with van der Waals surface area (Å²) >= 11 is 0. The lowest BCUT2D eigenvalue weighted by Crippen LogP contribution is -2.60. The molecule has 0 aliphatic carbocycles. The molecule has 12 nitrogen and oxygen atoms in total. The molecule has 0 aromatic rings. The molecule has 1 saturated heterocycles. The molecule has 1 heterocycles. The number of aliphatic hydroxyl groups excluding tert-OH is 3. The maximum atomic E-state index is 12.9. The number of hydrogen-bond acceptors (Lipinski definition) is 11. The lowest BCUT2D eigenvalue weighted by atomic mass is 9.99. The number of unbranched alkanes of at least 4 members (excludes halogenated alkanes) is 12. The molecule has 1 fully saturated rings. The van der Waals surface area contributed by atoms with Crippen LogP contribution in [-0.2, 0) is 38.3 Å². The molecule has 1 rings (SSSR count). The number of allylic oxidation sites excluding steroid dienone is 22. The third-order valence-electron chi connectivity index (χ3n) is 11.8. The van der Waals surface area contributed by atoms with Crippen molar-refractivity contribution >= 4 is 16.4 Å². The van der Waals surface area contributed by atoms with Crippen LogP contribution < -0.4 is 0 Å². The van der Waals surface area contributed by atoms with Crippen LogP contribution in [0.15, 0.2) is 134 Å². The second-order valence-electron chi connectivity index (χ2n) is 18.4. The van der Waals surface area contributed by atoms with E-state index in [1.807, 2.05) is 0 Å². The first kappa shape index (κ1) is 68.3. The molecule has 4 N–H and O–H groups in total. The second kappa shape index (κ2) is 50.1. The average Bonchev–Trinajstić information content (AvgIpc) is 3.38. The average molecular weight is 1060 g/mol. The van der Waals surface area contributed by atoms with Gasteiger partial charge in [0.1, 0.15) is 30.5 Å². The third kappa shape index (κ3) is 42.5. The van der Waals surface area contributed by atoms with Crippen LogP contribution in [0.2, 0.25) is 0 Å². The summed E-state index contributed by atoms with van der Waals surface area (Å²) in [5, 5.41) is 30.8. The quantitative estimate of drug-likeness (QED) is 0.0197. The first-order valence-corrected chi connectivity index (χ1v) is 29.3. The lowest BCUT2D eigenvalue weighted by molar-refractivity contribution is -0.301. The van der Waals surface area contributed by atoms with Crippen LogP contribution in [0, 0.1) is 0 Å². The molecular weight excluding hydrogens is 957 g/mol. The summed E-state index contributed by atoms with van der Waals surface area (Å²) in [7, 11) is -5.08. The van der Waals surface area contributed by atoms with E-state index < -0.39 is 59.8 Å². The van der Waals surface area contributed by atoms with E-state index in [9.17, 15) is 33.1 Å². The fourth-order valence-corrected chi connectivity index (χ4v) is 8.15. The Bertz CT molecular complexity index is 1790. The maximum absolute atomic E-state index is 12.9. The molecule has 420 valence electrons. The Morgan fingerprint density at radius 2 is 0.892 bits per heavy atom. The molecule has 0 amide bonds. The molecule has 6 atom stereocenters. The zero-order valence-corrected chi connectivity index (χ0v) is 46.2. The minimum atomic E-state index is -5.08. The molecule has 0 radical (unpaired) electrons. The van der Waals surface area contributed by atoms with Gasteiger partial charge in [0.05, 0.1) is 19.8 Å². The molecule has 0 aromatic carbocycles. The van der Waals surface area contributed by atoms with Crippen molar-refractivity contribution in [3.05, 3.63) is 134 Å². The number of rotatable bonds is 47. The van der Waals surface area contributed by atoms with Gasteiger partial charge in [0, 0.05) is 13.0 Å². The Hall–Kier alpha value is -3.76. The van der Waals surface area contributed by atoms with E-state index in [0.29, 0.717) is 13.0 Å². The van der Waals surface area contributed by atoms with Crippen LogP contribution in [-0.4, -0.2) is 97.5 Å². The van der Waals surface area contributed by atoms with Crippen molar-refractivity contribution in [3.63, 3.8) is 0 Å². The van der Waals surface area contributed by atoms with Gasteiger partial charge in [-0.2, -0.15) is 8.42 Å². The Kier molecular flexibility index (Phi) is 46.2. The molecule has 1 aliphatic rings. The summed E-state index contributed by atoms with van der Waals surface area (Å²) in [6.07, 6.45) is 64.7. The van der Waals surface area contributed by atoms with Gasteiger partial charge in [-0.1, -0.05) is 199 Å². The van der Waals surface area contributed by atoms with Crippen LogP contribution >= 0.6 is 0 Å². The Labute approximate surface area is 448 Å². The zero-order valence-electron chi connectivity index (χ0n) is 45.3. The minimum Gasteiger partial charge on any atom is -0.457 e. The predicted octanol–water partition coefficient (Wildman–Crippen LogP) is 13.9. The van der Waals surface area contributed by atoms with Crippen molar-refractivity contribution in [3.8, 4) is 0 Å². The summed E-state index contributed by atoms with van der Waals surface area (Å²) in [5.41, 5.74) is 0. The van der Waals surface area contributed by atoms with Gasteiger partial charge in [-0.25, -0.2) is 4.18 Å². The minimum absolute atomic E-state index is 0.00988. The Morgan fingerprint density at radius 1 is 0.514 bits per heavy atom. The molecule has 1 aliphatic heterocycles. The number of carbonyl (C=O) groups is 1. The van der Waals surface area contributed by atoms with Crippen LogP contribution in [0.25, 0.3) is 0 Å². The molecule has 0 aromatic heterocycles. The first-order chi connectivity index (χ1) is 36.1. The summed E-state index contributed by atoms with van der Waals surface area (Å²) in [6, 6.07) is 0. The molecule has 6 unspecified atom stereocenters. The van der Waals surface area contributed by atoms with Crippen molar-refractivity contribution in [2.75, 3.05) is 26.4 Å². The SMILES string of the molecule is CC/C=C\C/C=C\C/C=C\C/C=C\C/C=C\C/C=C\CCCCCCCCCOCC(COC1OC(CO)C(O)C(OS(=O)(=O)O)C1O)OC(=O)CCCCCCC/C=C\C/C=C\C/C=C\C/C=C\C/C=C\CC. The van der Waals surface area contributed by atoms with Crippen molar-refractivity contribution in [2.45, 2.75) is 218 Å². The van der Waals surface area contributed by atoms with Gasteiger partial charge in [-0.05, 0) is 109 Å². The van der Waals surface area contributed by atoms with Crippen molar-refractivity contribution in [1.82, 2.24) is 0 Å². The Balaban J connectivity index is 2.36. The van der Waals surface area contributed by atoms with Gasteiger partial charge in [-0.15, -0.1) is 0 Å². The molecule has 13 heteroatoms. The topological polar surface area (TPSA) is 178 Å². The van der Waals surface area contributed by atoms with Gasteiger partial charge in [0.15, 0.2) is 6.29 Å². The second-order valence-corrected chi connectivity index (χ2v) is 19.5. The highest BCUT2D eigenvalue weighted by molar-refractivity contribution is 7.80. The molecule has 0 bridgehead atoms. The normalized spacial score (nSPS) is 19.8. The van der Waals surface area contributed by atoms with E-state index in [0.717, 1.165) is 135 Å². The monoisotopic (exact) mass is 1050 g/mol. The standard InChI is InChI=1S/C61H98O12S/c1-3-5-7-9-11-13-15-17-19-21-23-25-26-27-28-29-31-33-35-37-39-41-43-45-47-49-51-69-53-55(54-70-61-59(65)60(73-74(66,67)68)58(64)56(52-62)72-61)71-57(63)50-48-46-44-42-40-38-36-34-32-30-24-22-20-18-16-14-12-10-8-6-4-2/h5-8,11-14,17-20,23-25,27-28,30-31,33-34,36,55-56,58-62,64-65H,3-4,9-10,15-16,21-22,26,29,32,35,37-54H2,1-2H3,(H,66,67,68)/b7-5-,8-6-,13-11-,14-12-,19-17-,20-18-,25-23-,28-27-,30-24-,33-31-,36-34-. The van der Waals surface area contributed by atoms with E-state index in [2.05, 4.69) is 152 Å². The van der Waals surface area contributed by atoms with E-state index >= 15 is 0 Å². The van der Waals surface area contributed by atoms with Crippen molar-refractivity contribution in [2.24, 2.45) is 0 Å². The number of carbonyl (C=O) groups excluding carboxylic acids is 1. The van der Waals surface area contributed by atoms with Crippen LogP contribution in [0.4, 0.5) is 0 Å². The smallest absolute Gasteiger partial charge is 0.397 e. The highest BCUT2D eigenvalue weighted by atomic mass is 32.3. The zero-order chi connectivity index (χ0) is 53.8. The molecule has 0 saturated carbocycles. The fraction of sp³-hybridized carbons (Fsp3) is 0.623. The van der Waals surface area contributed by atoms with E-state index in [1.54, 1.807) is 0 Å². The van der Waals surface area contributed by atoms with Crippen molar-refractivity contribution < 1.29 is 56.2 Å². The van der Waals surface area contributed by atoms with E-state index in [-0.39, 0.29) is 19.6 Å². The van der Waals surface area contributed by atoms with Gasteiger partial charge in [0.25, 0.3) is 0 Å². The number of hydrogen-bond donors (Lipinski definition) is 4. The summed E-state index contributed by atoms with van der Waals surface area (Å²) in [5.74, 6) is -0.428. The van der Waals surface area contributed by atoms with Gasteiger partial charge in [0.2, 0.25) is 0 Å². The third-order valence-corrected chi connectivity index (χ3v) is 12.2. The summed E-state index contributed by atoms with van der Waals surface area (Å²) in [4.78, 5) is 12.9. The van der Waals surface area contributed by atoms with E-state index in [1.165, 1.54) is 19.3 Å². The first-order valence-electron chi connectivity index (χ1n) is 27.9. The van der Waals surface area contributed by atoms with Gasteiger partial charge in [-0.3, -0.25) is 9.35 Å². The van der Waals surface area contributed by atoms with Gasteiger partial charge < -0.3 is 34.3 Å². The number of ether oxygens (including phenoxy) is 4. The lowest BCUT2D eigenvalue weighted by Gasteiger charge is -2.41. The van der Waals surface area contributed by atoms with Crippen LogP contribution in [0.1, 0.15) is 181 Å². The predicted molar refractivity (Wildman–Crippen MR) is 303 cm³/mol. The molecule has 74 heavy (non-hydrogen) atoms. The number of aliphatic hydroxyl groups is 3. The highest BCUT2D eigenvalue weighted by Crippen LogP contribution is 2.26.